The van der Waals surface area contributed by atoms with Crippen molar-refractivity contribution in [3.05, 3.63) is 0 Å². The molecule has 0 spiro atoms. The third-order valence-corrected chi connectivity index (χ3v) is 1.28. The van der Waals surface area contributed by atoms with Crippen molar-refractivity contribution in [2.75, 3.05) is 13.2 Å². The van der Waals surface area contributed by atoms with E-state index in [1.54, 1.807) is 0 Å². The average molecular weight is 129 g/mol. The second-order valence-corrected chi connectivity index (χ2v) is 2.02. The molecular weight excluding hydrogens is 118 g/mol. The van der Waals surface area contributed by atoms with Gasteiger partial charge >= 0.3 is 0 Å². The molecule has 0 radical (unpaired) electrons. The Labute approximate surface area is 54.4 Å². The summed E-state index contributed by atoms with van der Waals surface area (Å²) in [6.07, 6.45) is 0.830. The first-order valence-electron chi connectivity index (χ1n) is 3.17. The van der Waals surface area contributed by atoms with E-state index in [0.717, 1.165) is 12.3 Å². The maximum Gasteiger partial charge on any atom is 0.183 e. The van der Waals surface area contributed by atoms with Crippen molar-refractivity contribution < 1.29 is 9.84 Å². The van der Waals surface area contributed by atoms with Crippen LogP contribution in [0.2, 0.25) is 0 Å². The summed E-state index contributed by atoms with van der Waals surface area (Å²) in [4.78, 5) is 4.07. The van der Waals surface area contributed by atoms with Gasteiger partial charge in [-0.1, -0.05) is 6.92 Å². The van der Waals surface area contributed by atoms with Crippen molar-refractivity contribution in [3.8, 4) is 0 Å². The zero-order valence-corrected chi connectivity index (χ0v) is 5.50. The second kappa shape index (κ2) is 2.82. The van der Waals surface area contributed by atoms with E-state index < -0.39 is 0 Å². The maximum absolute atomic E-state index is 8.59. The molecule has 0 fully saturated rings. The molecule has 0 aromatic carbocycles. The Bertz CT molecular complexity index is 122. The fraction of sp³-hybridized carbons (Fsp3) is 0.833. The quantitative estimate of drug-likeness (QED) is 0.578. The van der Waals surface area contributed by atoms with Crippen LogP contribution in [0.3, 0.4) is 0 Å². The molecule has 3 heteroatoms. The first kappa shape index (κ1) is 6.55. The van der Waals surface area contributed by atoms with Gasteiger partial charge in [-0.05, 0) is 0 Å². The number of aliphatic imine (C=N–C) groups is 1. The predicted molar refractivity (Wildman–Crippen MR) is 34.6 cm³/mol. The number of nitrogens with zero attached hydrogens (tertiary/aromatic N) is 1. The number of aliphatic hydroxyl groups excluding tert-OH is 1. The average Bonchev–Trinajstić information content (AvgIpc) is 2.34. The van der Waals surface area contributed by atoms with E-state index in [2.05, 4.69) is 4.99 Å². The van der Waals surface area contributed by atoms with Gasteiger partial charge in [0.1, 0.15) is 12.6 Å². The van der Waals surface area contributed by atoms with Crippen LogP contribution >= 0.6 is 0 Å². The molecule has 0 aromatic heterocycles. The molecule has 0 saturated heterocycles. The molecule has 0 aliphatic carbocycles. The summed E-state index contributed by atoms with van der Waals surface area (Å²) in [5.74, 6) is 0.772. The highest BCUT2D eigenvalue weighted by Gasteiger charge is 2.15. The van der Waals surface area contributed by atoms with Crippen LogP contribution in [0.25, 0.3) is 0 Å². The molecule has 0 amide bonds. The van der Waals surface area contributed by atoms with Gasteiger partial charge in [-0.25, -0.2) is 4.99 Å². The Morgan fingerprint density at radius 2 is 2.67 bits per heavy atom. The summed E-state index contributed by atoms with van der Waals surface area (Å²) >= 11 is 0. The Hall–Kier alpha value is -0.570. The van der Waals surface area contributed by atoms with Gasteiger partial charge in [0.05, 0.1) is 6.61 Å². The van der Waals surface area contributed by atoms with Crippen molar-refractivity contribution in [1.82, 2.24) is 0 Å². The standard InChI is InChI=1S/C6H11NO2/c1-2-6-7-5(3-8)4-9-6/h5,8H,2-4H2,1H3. The lowest BCUT2D eigenvalue weighted by atomic mass is 10.4. The molecule has 1 aliphatic rings. The van der Waals surface area contributed by atoms with Crippen LogP contribution in [0.15, 0.2) is 4.99 Å². The van der Waals surface area contributed by atoms with Crippen molar-refractivity contribution in [1.29, 1.82) is 0 Å². The molecule has 1 rings (SSSR count). The van der Waals surface area contributed by atoms with E-state index in [1.807, 2.05) is 6.92 Å². The molecule has 1 unspecified atom stereocenters. The van der Waals surface area contributed by atoms with E-state index in [4.69, 9.17) is 9.84 Å². The van der Waals surface area contributed by atoms with Crippen LogP contribution < -0.4 is 0 Å². The van der Waals surface area contributed by atoms with Gasteiger partial charge in [0.25, 0.3) is 0 Å². The topological polar surface area (TPSA) is 41.8 Å². The van der Waals surface area contributed by atoms with Crippen LogP contribution in [-0.4, -0.2) is 30.3 Å². The zero-order chi connectivity index (χ0) is 6.69. The lowest BCUT2D eigenvalue weighted by Gasteiger charge is -1.95. The highest BCUT2D eigenvalue weighted by molar-refractivity contribution is 5.77. The summed E-state index contributed by atoms with van der Waals surface area (Å²) in [6.45, 7) is 2.64. The van der Waals surface area contributed by atoms with Gasteiger partial charge in [0.2, 0.25) is 0 Å². The third-order valence-electron chi connectivity index (χ3n) is 1.28. The number of aliphatic hydroxyl groups is 1. The van der Waals surface area contributed by atoms with Gasteiger partial charge < -0.3 is 9.84 Å². The van der Waals surface area contributed by atoms with Crippen molar-refractivity contribution in [2.45, 2.75) is 19.4 Å². The molecule has 52 valence electrons. The van der Waals surface area contributed by atoms with Gasteiger partial charge in [0.15, 0.2) is 5.90 Å². The fourth-order valence-corrected chi connectivity index (χ4v) is 0.757. The molecule has 1 atom stereocenters. The van der Waals surface area contributed by atoms with Crippen LogP contribution in [0, 0.1) is 0 Å². The Morgan fingerprint density at radius 1 is 1.89 bits per heavy atom. The summed E-state index contributed by atoms with van der Waals surface area (Å²) in [7, 11) is 0. The first-order chi connectivity index (χ1) is 4.36. The Balaban J connectivity index is 2.40. The van der Waals surface area contributed by atoms with Gasteiger partial charge in [-0.15, -0.1) is 0 Å². The minimum Gasteiger partial charge on any atom is -0.479 e. The van der Waals surface area contributed by atoms with E-state index in [0.29, 0.717) is 6.61 Å². The van der Waals surface area contributed by atoms with Gasteiger partial charge in [-0.3, -0.25) is 0 Å². The van der Waals surface area contributed by atoms with Crippen LogP contribution in [0.5, 0.6) is 0 Å². The van der Waals surface area contributed by atoms with E-state index in [9.17, 15) is 0 Å². The number of ether oxygens (including phenoxy) is 1. The smallest absolute Gasteiger partial charge is 0.183 e. The van der Waals surface area contributed by atoms with Crippen molar-refractivity contribution >= 4 is 5.90 Å². The first-order valence-corrected chi connectivity index (χ1v) is 3.17. The Morgan fingerprint density at radius 3 is 3.00 bits per heavy atom. The van der Waals surface area contributed by atoms with Crippen LogP contribution in [0.4, 0.5) is 0 Å². The Kier molecular flexibility index (Phi) is 2.05. The number of hydrogen-bond donors (Lipinski definition) is 1. The summed E-state index contributed by atoms with van der Waals surface area (Å²) in [6, 6.07) is -0.0000463. The molecular formula is C6H11NO2. The maximum atomic E-state index is 8.59. The van der Waals surface area contributed by atoms with Gasteiger partial charge in [-0.2, -0.15) is 0 Å². The third kappa shape index (κ3) is 1.42. The largest absolute Gasteiger partial charge is 0.479 e. The van der Waals surface area contributed by atoms with E-state index in [1.165, 1.54) is 0 Å². The fourth-order valence-electron chi connectivity index (χ4n) is 0.757. The van der Waals surface area contributed by atoms with Crippen LogP contribution in [0.1, 0.15) is 13.3 Å². The van der Waals surface area contributed by atoms with E-state index in [-0.39, 0.29) is 12.6 Å². The minimum atomic E-state index is -0.0000463. The SMILES string of the molecule is CCC1=NC(CO)CO1. The predicted octanol–water partition coefficient (Wildman–Crippen LogP) is 0.186. The molecule has 9 heavy (non-hydrogen) atoms. The molecule has 0 aromatic rings. The summed E-state index contributed by atoms with van der Waals surface area (Å²) < 4.78 is 5.10. The second-order valence-electron chi connectivity index (χ2n) is 2.02. The van der Waals surface area contributed by atoms with Crippen molar-refractivity contribution in [3.63, 3.8) is 0 Å². The zero-order valence-electron chi connectivity index (χ0n) is 5.50. The summed E-state index contributed by atoms with van der Waals surface area (Å²) in [5, 5.41) is 8.59. The molecule has 0 bridgehead atoms. The molecule has 0 saturated carbocycles. The highest BCUT2D eigenvalue weighted by atomic mass is 16.5. The van der Waals surface area contributed by atoms with Crippen molar-refractivity contribution in [2.24, 2.45) is 4.99 Å². The lowest BCUT2D eigenvalue weighted by Crippen LogP contribution is -2.10. The lowest BCUT2D eigenvalue weighted by molar-refractivity contribution is 0.226. The van der Waals surface area contributed by atoms with Gasteiger partial charge in [0, 0.05) is 6.42 Å². The highest BCUT2D eigenvalue weighted by Crippen LogP contribution is 2.04. The molecule has 1 N–H and O–H groups in total. The summed E-state index contributed by atoms with van der Waals surface area (Å²) in [5.41, 5.74) is 0. The minimum absolute atomic E-state index is 0.0000463. The number of rotatable bonds is 2. The normalized spacial score (nSPS) is 25.6. The monoisotopic (exact) mass is 129 g/mol. The molecule has 3 nitrogen and oxygen atoms in total. The molecule has 1 aliphatic heterocycles. The van der Waals surface area contributed by atoms with E-state index >= 15 is 0 Å². The number of hydrogen-bond acceptors (Lipinski definition) is 3. The molecule has 1 heterocycles. The van der Waals surface area contributed by atoms with Crippen LogP contribution in [-0.2, 0) is 4.74 Å².